The minimum atomic E-state index is 0.623. The maximum atomic E-state index is 5.03. The van der Waals surface area contributed by atoms with Gasteiger partial charge >= 0.3 is 0 Å². The summed E-state index contributed by atoms with van der Waals surface area (Å²) in [6, 6.07) is 0. The van der Waals surface area contributed by atoms with Crippen molar-refractivity contribution in [1.82, 2.24) is 10.3 Å². The fourth-order valence-electron chi connectivity index (χ4n) is 1.08. The first-order chi connectivity index (χ1) is 6.27. The van der Waals surface area contributed by atoms with Crippen molar-refractivity contribution in [2.75, 3.05) is 13.7 Å². The summed E-state index contributed by atoms with van der Waals surface area (Å²) >= 11 is 1.73. The lowest BCUT2D eigenvalue weighted by Gasteiger charge is -1.97. The number of rotatable bonds is 5. The monoisotopic (exact) mass is 200 g/mol. The SMILES string of the molecule is CCNCc1sc(COC)nc1C. The molecule has 0 atom stereocenters. The topological polar surface area (TPSA) is 34.1 Å². The average molecular weight is 200 g/mol. The molecule has 0 aliphatic carbocycles. The highest BCUT2D eigenvalue weighted by molar-refractivity contribution is 7.11. The number of nitrogens with one attached hydrogen (secondary N) is 1. The molecule has 0 spiro atoms. The molecule has 0 aliphatic heterocycles. The second kappa shape index (κ2) is 5.32. The van der Waals surface area contributed by atoms with Gasteiger partial charge in [-0.25, -0.2) is 4.98 Å². The highest BCUT2D eigenvalue weighted by Crippen LogP contribution is 2.18. The molecule has 0 saturated heterocycles. The van der Waals surface area contributed by atoms with E-state index < -0.39 is 0 Å². The van der Waals surface area contributed by atoms with Crippen molar-refractivity contribution < 1.29 is 4.74 Å². The number of ether oxygens (including phenoxy) is 1. The van der Waals surface area contributed by atoms with Gasteiger partial charge in [0, 0.05) is 18.5 Å². The van der Waals surface area contributed by atoms with E-state index in [2.05, 4.69) is 17.2 Å². The highest BCUT2D eigenvalue weighted by Gasteiger charge is 2.05. The van der Waals surface area contributed by atoms with Crippen LogP contribution < -0.4 is 5.32 Å². The summed E-state index contributed by atoms with van der Waals surface area (Å²) in [6.07, 6.45) is 0. The molecule has 74 valence electrons. The summed E-state index contributed by atoms with van der Waals surface area (Å²) in [6.45, 7) is 6.69. The Kier molecular flexibility index (Phi) is 4.35. The molecule has 0 radical (unpaired) electrons. The predicted octanol–water partition coefficient (Wildman–Crippen LogP) is 1.71. The zero-order valence-corrected chi connectivity index (χ0v) is 9.20. The van der Waals surface area contributed by atoms with E-state index in [-0.39, 0.29) is 0 Å². The van der Waals surface area contributed by atoms with Gasteiger partial charge in [-0.05, 0) is 13.5 Å². The van der Waals surface area contributed by atoms with Gasteiger partial charge in [-0.2, -0.15) is 0 Å². The largest absolute Gasteiger partial charge is 0.378 e. The van der Waals surface area contributed by atoms with Crippen molar-refractivity contribution >= 4 is 11.3 Å². The van der Waals surface area contributed by atoms with Crippen molar-refractivity contribution in [3.05, 3.63) is 15.6 Å². The molecule has 1 N–H and O–H groups in total. The van der Waals surface area contributed by atoms with Crippen LogP contribution >= 0.6 is 11.3 Å². The van der Waals surface area contributed by atoms with E-state index in [0.717, 1.165) is 23.8 Å². The molecular formula is C9H16N2OS. The molecule has 13 heavy (non-hydrogen) atoms. The summed E-state index contributed by atoms with van der Waals surface area (Å²) in [7, 11) is 1.70. The van der Waals surface area contributed by atoms with E-state index in [4.69, 9.17) is 4.74 Å². The van der Waals surface area contributed by atoms with Gasteiger partial charge < -0.3 is 10.1 Å². The Morgan fingerprint density at radius 1 is 1.54 bits per heavy atom. The van der Waals surface area contributed by atoms with Crippen LogP contribution in [-0.4, -0.2) is 18.6 Å². The van der Waals surface area contributed by atoms with Crippen molar-refractivity contribution in [3.8, 4) is 0 Å². The quantitative estimate of drug-likeness (QED) is 0.785. The van der Waals surface area contributed by atoms with E-state index in [0.29, 0.717) is 6.61 Å². The molecular weight excluding hydrogens is 184 g/mol. The van der Waals surface area contributed by atoms with Crippen LogP contribution in [0.25, 0.3) is 0 Å². The smallest absolute Gasteiger partial charge is 0.119 e. The molecule has 0 aromatic carbocycles. The molecule has 1 aromatic heterocycles. The summed E-state index contributed by atoms with van der Waals surface area (Å²) in [5.74, 6) is 0. The van der Waals surface area contributed by atoms with Crippen LogP contribution in [0.1, 0.15) is 22.5 Å². The Bertz CT molecular complexity index is 260. The average Bonchev–Trinajstić information content (AvgIpc) is 2.44. The molecule has 0 fully saturated rings. The fourth-order valence-corrected chi connectivity index (χ4v) is 2.09. The lowest BCUT2D eigenvalue weighted by atomic mass is 10.4. The lowest BCUT2D eigenvalue weighted by molar-refractivity contribution is 0.184. The summed E-state index contributed by atoms with van der Waals surface area (Å²) in [4.78, 5) is 5.72. The first kappa shape index (κ1) is 10.6. The molecule has 0 bridgehead atoms. The number of thiazole rings is 1. The third-order valence-corrected chi connectivity index (χ3v) is 2.87. The van der Waals surface area contributed by atoms with Crippen LogP contribution in [0.2, 0.25) is 0 Å². The van der Waals surface area contributed by atoms with E-state index in [1.165, 1.54) is 4.88 Å². The van der Waals surface area contributed by atoms with Crippen LogP contribution in [-0.2, 0) is 17.9 Å². The third-order valence-electron chi connectivity index (χ3n) is 1.74. The minimum absolute atomic E-state index is 0.623. The van der Waals surface area contributed by atoms with Crippen LogP contribution in [0.4, 0.5) is 0 Å². The molecule has 4 heteroatoms. The van der Waals surface area contributed by atoms with Crippen LogP contribution in [0, 0.1) is 6.92 Å². The molecule has 3 nitrogen and oxygen atoms in total. The van der Waals surface area contributed by atoms with E-state index in [1.54, 1.807) is 18.4 Å². The molecule has 1 rings (SSSR count). The molecule has 0 aliphatic rings. The zero-order chi connectivity index (χ0) is 9.68. The van der Waals surface area contributed by atoms with Gasteiger partial charge in [0.1, 0.15) is 5.01 Å². The van der Waals surface area contributed by atoms with E-state index in [1.807, 2.05) is 6.92 Å². The Hall–Kier alpha value is -0.450. The van der Waals surface area contributed by atoms with Crippen molar-refractivity contribution in [2.24, 2.45) is 0 Å². The molecule has 1 heterocycles. The fraction of sp³-hybridized carbons (Fsp3) is 0.667. The number of aryl methyl sites for hydroxylation is 1. The standard InChI is InChI=1S/C9H16N2OS/c1-4-10-5-8-7(2)11-9(13-8)6-12-3/h10H,4-6H2,1-3H3. The predicted molar refractivity (Wildman–Crippen MR) is 54.9 cm³/mol. The first-order valence-electron chi connectivity index (χ1n) is 4.42. The second-order valence-corrected chi connectivity index (χ2v) is 4.00. The maximum Gasteiger partial charge on any atom is 0.119 e. The van der Waals surface area contributed by atoms with Crippen molar-refractivity contribution in [3.63, 3.8) is 0 Å². The first-order valence-corrected chi connectivity index (χ1v) is 5.24. The third kappa shape index (κ3) is 3.06. The summed E-state index contributed by atoms with van der Waals surface area (Å²) in [5.41, 5.74) is 1.12. The van der Waals surface area contributed by atoms with Gasteiger partial charge in [-0.3, -0.25) is 0 Å². The van der Waals surface area contributed by atoms with Crippen molar-refractivity contribution in [1.29, 1.82) is 0 Å². The molecule has 0 amide bonds. The number of hydrogen-bond donors (Lipinski definition) is 1. The second-order valence-electron chi connectivity index (χ2n) is 2.83. The maximum absolute atomic E-state index is 5.03. The van der Waals surface area contributed by atoms with Crippen LogP contribution in [0.15, 0.2) is 0 Å². The minimum Gasteiger partial charge on any atom is -0.378 e. The van der Waals surface area contributed by atoms with Gasteiger partial charge in [-0.1, -0.05) is 6.92 Å². The van der Waals surface area contributed by atoms with Gasteiger partial charge in [0.2, 0.25) is 0 Å². The van der Waals surface area contributed by atoms with Crippen LogP contribution in [0.5, 0.6) is 0 Å². The normalized spacial score (nSPS) is 10.7. The molecule has 0 unspecified atom stereocenters. The number of hydrogen-bond acceptors (Lipinski definition) is 4. The van der Waals surface area contributed by atoms with Crippen LogP contribution in [0.3, 0.4) is 0 Å². The van der Waals surface area contributed by atoms with E-state index in [9.17, 15) is 0 Å². The summed E-state index contributed by atoms with van der Waals surface area (Å²) < 4.78 is 5.03. The zero-order valence-electron chi connectivity index (χ0n) is 8.39. The van der Waals surface area contributed by atoms with Gasteiger partial charge in [-0.15, -0.1) is 11.3 Å². The van der Waals surface area contributed by atoms with E-state index >= 15 is 0 Å². The van der Waals surface area contributed by atoms with Gasteiger partial charge in [0.25, 0.3) is 0 Å². The van der Waals surface area contributed by atoms with Crippen molar-refractivity contribution in [2.45, 2.75) is 27.0 Å². The molecule has 1 aromatic rings. The molecule has 0 saturated carbocycles. The van der Waals surface area contributed by atoms with Gasteiger partial charge in [0.15, 0.2) is 0 Å². The Morgan fingerprint density at radius 3 is 2.92 bits per heavy atom. The number of nitrogens with zero attached hydrogens (tertiary/aromatic N) is 1. The summed E-state index contributed by atoms with van der Waals surface area (Å²) in [5, 5.41) is 4.35. The Labute approximate surface area is 83.1 Å². The Morgan fingerprint density at radius 2 is 2.31 bits per heavy atom. The lowest BCUT2D eigenvalue weighted by Crippen LogP contribution is -2.11. The Balaban J connectivity index is 2.60. The number of aromatic nitrogens is 1. The highest BCUT2D eigenvalue weighted by atomic mass is 32.1. The van der Waals surface area contributed by atoms with Gasteiger partial charge in [0.05, 0.1) is 12.3 Å². The number of methoxy groups -OCH3 is 1.